The summed E-state index contributed by atoms with van der Waals surface area (Å²) in [5, 5.41) is 2.91. The van der Waals surface area contributed by atoms with Crippen molar-refractivity contribution in [3.8, 4) is 5.75 Å². The highest BCUT2D eigenvalue weighted by molar-refractivity contribution is 5.91. The highest BCUT2D eigenvalue weighted by Gasteiger charge is 2.15. The first-order chi connectivity index (χ1) is 11.1. The topological polar surface area (TPSA) is 54.7 Å². The summed E-state index contributed by atoms with van der Waals surface area (Å²) in [5.41, 5.74) is 1.09. The number of methoxy groups -OCH3 is 1. The summed E-state index contributed by atoms with van der Waals surface area (Å²) in [7, 11) is 5.61. The van der Waals surface area contributed by atoms with Crippen LogP contribution in [0.1, 0.15) is 17.4 Å². The van der Waals surface area contributed by atoms with Gasteiger partial charge in [-0.3, -0.25) is 4.79 Å². The molecule has 0 spiro atoms. The van der Waals surface area contributed by atoms with Crippen molar-refractivity contribution in [1.82, 2.24) is 10.2 Å². The van der Waals surface area contributed by atoms with Crippen LogP contribution in [0.15, 0.2) is 53.2 Å². The molecule has 0 saturated heterocycles. The number of nitrogens with zero attached hydrogens (tertiary/aromatic N) is 1. The van der Waals surface area contributed by atoms with Crippen LogP contribution < -0.4 is 10.1 Å². The van der Waals surface area contributed by atoms with Crippen molar-refractivity contribution in [3.63, 3.8) is 0 Å². The van der Waals surface area contributed by atoms with Crippen LogP contribution in [0, 0.1) is 0 Å². The quantitative estimate of drug-likeness (QED) is 0.798. The van der Waals surface area contributed by atoms with Crippen LogP contribution in [-0.2, 0) is 4.79 Å². The van der Waals surface area contributed by atoms with Gasteiger partial charge in [0.05, 0.1) is 19.4 Å². The Bertz CT molecular complexity index is 648. The van der Waals surface area contributed by atoms with Gasteiger partial charge in [-0.15, -0.1) is 0 Å². The van der Waals surface area contributed by atoms with Gasteiger partial charge in [-0.2, -0.15) is 0 Å². The van der Waals surface area contributed by atoms with Gasteiger partial charge in [0, 0.05) is 12.6 Å². The maximum absolute atomic E-state index is 11.9. The number of hydrogen-bond acceptors (Lipinski definition) is 4. The van der Waals surface area contributed by atoms with Crippen LogP contribution in [0.5, 0.6) is 5.75 Å². The van der Waals surface area contributed by atoms with E-state index in [1.165, 1.54) is 6.08 Å². The van der Waals surface area contributed by atoms with E-state index in [0.717, 1.165) is 11.3 Å². The maximum atomic E-state index is 11.9. The molecule has 0 radical (unpaired) electrons. The zero-order chi connectivity index (χ0) is 16.7. The number of benzene rings is 1. The van der Waals surface area contributed by atoms with E-state index in [0.29, 0.717) is 12.3 Å². The van der Waals surface area contributed by atoms with Gasteiger partial charge in [0.1, 0.15) is 11.5 Å². The summed E-state index contributed by atoms with van der Waals surface area (Å²) in [6, 6.07) is 11.5. The minimum atomic E-state index is -0.156. The Hall–Kier alpha value is -2.53. The predicted octanol–water partition coefficient (Wildman–Crippen LogP) is 2.72. The Labute approximate surface area is 136 Å². The van der Waals surface area contributed by atoms with Crippen molar-refractivity contribution in [2.45, 2.75) is 6.04 Å². The number of rotatable bonds is 7. The molecule has 0 aliphatic heterocycles. The molecule has 0 saturated carbocycles. The van der Waals surface area contributed by atoms with Crippen LogP contribution in [0.4, 0.5) is 0 Å². The standard InChI is InChI=1S/C18H22N2O3/c1-20(2)17(14-6-4-7-16(12-14)22-3)13-19-18(21)10-9-15-8-5-11-23-15/h4-12,17H,13H2,1-3H3,(H,19,21)/b10-9+/t17-/m0/s1. The fourth-order valence-electron chi connectivity index (χ4n) is 2.25. The van der Waals surface area contributed by atoms with E-state index < -0.39 is 0 Å². The second-order valence-electron chi connectivity index (χ2n) is 5.35. The Morgan fingerprint density at radius 3 is 2.83 bits per heavy atom. The molecule has 5 nitrogen and oxygen atoms in total. The van der Waals surface area contributed by atoms with Crippen molar-refractivity contribution in [2.24, 2.45) is 0 Å². The summed E-state index contributed by atoms with van der Waals surface area (Å²) in [6.45, 7) is 0.501. The van der Waals surface area contributed by atoms with E-state index in [1.54, 1.807) is 31.6 Å². The number of ether oxygens (including phenoxy) is 1. The molecule has 0 fully saturated rings. The molecule has 1 aromatic heterocycles. The number of nitrogens with one attached hydrogen (secondary N) is 1. The van der Waals surface area contributed by atoms with E-state index in [1.807, 2.05) is 38.4 Å². The predicted molar refractivity (Wildman–Crippen MR) is 90.2 cm³/mol. The zero-order valence-electron chi connectivity index (χ0n) is 13.7. The van der Waals surface area contributed by atoms with E-state index >= 15 is 0 Å². The molecule has 5 heteroatoms. The van der Waals surface area contributed by atoms with Crippen molar-refractivity contribution in [2.75, 3.05) is 27.7 Å². The first kappa shape index (κ1) is 16.8. The Morgan fingerprint density at radius 1 is 1.35 bits per heavy atom. The van der Waals surface area contributed by atoms with Gasteiger partial charge < -0.3 is 19.4 Å². The molecule has 0 bridgehead atoms. The SMILES string of the molecule is COc1cccc([C@H](CNC(=O)/C=C/c2ccco2)N(C)C)c1. The molecule has 2 rings (SSSR count). The molecule has 1 amide bonds. The molecule has 0 aliphatic carbocycles. The minimum Gasteiger partial charge on any atom is -0.497 e. The number of likely N-dealkylation sites (N-methyl/N-ethyl adjacent to an activating group) is 1. The normalized spacial score (nSPS) is 12.5. The third kappa shape index (κ3) is 5.00. The van der Waals surface area contributed by atoms with Gasteiger partial charge in [0.2, 0.25) is 5.91 Å². The van der Waals surface area contributed by atoms with Gasteiger partial charge in [0.15, 0.2) is 0 Å². The van der Waals surface area contributed by atoms with Crippen LogP contribution >= 0.6 is 0 Å². The van der Waals surface area contributed by atoms with E-state index in [2.05, 4.69) is 10.2 Å². The highest BCUT2D eigenvalue weighted by Crippen LogP contribution is 2.22. The van der Waals surface area contributed by atoms with Crippen LogP contribution in [0.25, 0.3) is 6.08 Å². The van der Waals surface area contributed by atoms with E-state index in [4.69, 9.17) is 9.15 Å². The summed E-state index contributed by atoms with van der Waals surface area (Å²) >= 11 is 0. The number of carbonyl (C=O) groups excluding carboxylic acids is 1. The van der Waals surface area contributed by atoms with Gasteiger partial charge in [0.25, 0.3) is 0 Å². The van der Waals surface area contributed by atoms with Crippen LogP contribution in [0.2, 0.25) is 0 Å². The smallest absolute Gasteiger partial charge is 0.244 e. The lowest BCUT2D eigenvalue weighted by Crippen LogP contribution is -2.33. The third-order valence-electron chi connectivity index (χ3n) is 3.51. The molecule has 1 heterocycles. The molecule has 0 aliphatic rings. The fraction of sp³-hybridized carbons (Fsp3) is 0.278. The summed E-state index contributed by atoms with van der Waals surface area (Å²) in [4.78, 5) is 14.0. The van der Waals surface area contributed by atoms with Gasteiger partial charge in [-0.25, -0.2) is 0 Å². The molecule has 0 unspecified atom stereocenters. The molecule has 2 aromatic rings. The fourth-order valence-corrected chi connectivity index (χ4v) is 2.25. The van der Waals surface area contributed by atoms with Crippen molar-refractivity contribution >= 4 is 12.0 Å². The zero-order valence-corrected chi connectivity index (χ0v) is 13.7. The minimum absolute atomic E-state index is 0.0612. The first-order valence-corrected chi connectivity index (χ1v) is 7.40. The van der Waals surface area contributed by atoms with E-state index in [9.17, 15) is 4.79 Å². The largest absolute Gasteiger partial charge is 0.497 e. The van der Waals surface area contributed by atoms with E-state index in [-0.39, 0.29) is 11.9 Å². The lowest BCUT2D eigenvalue weighted by Gasteiger charge is -2.25. The second kappa shape index (κ2) is 8.19. The molecule has 23 heavy (non-hydrogen) atoms. The number of hydrogen-bond donors (Lipinski definition) is 1. The van der Waals surface area contributed by atoms with Crippen LogP contribution in [-0.4, -0.2) is 38.6 Å². The lowest BCUT2D eigenvalue weighted by molar-refractivity contribution is -0.116. The number of carbonyl (C=O) groups is 1. The molecule has 122 valence electrons. The van der Waals surface area contributed by atoms with Gasteiger partial charge in [-0.1, -0.05) is 12.1 Å². The van der Waals surface area contributed by atoms with Crippen molar-refractivity contribution < 1.29 is 13.9 Å². The van der Waals surface area contributed by atoms with Crippen LogP contribution in [0.3, 0.4) is 0 Å². The second-order valence-corrected chi connectivity index (χ2v) is 5.35. The summed E-state index contributed by atoms with van der Waals surface area (Å²) < 4.78 is 10.4. The van der Waals surface area contributed by atoms with Gasteiger partial charge in [-0.05, 0) is 50.0 Å². The van der Waals surface area contributed by atoms with Crippen molar-refractivity contribution in [3.05, 3.63) is 60.1 Å². The molecule has 1 N–H and O–H groups in total. The number of amides is 1. The molecule has 1 atom stereocenters. The molecular weight excluding hydrogens is 292 g/mol. The Kier molecular flexibility index (Phi) is 6.00. The van der Waals surface area contributed by atoms with Crippen molar-refractivity contribution in [1.29, 1.82) is 0 Å². The highest BCUT2D eigenvalue weighted by atomic mass is 16.5. The number of furan rings is 1. The average Bonchev–Trinajstić information content (AvgIpc) is 3.06. The lowest BCUT2D eigenvalue weighted by atomic mass is 10.1. The molecule has 1 aromatic carbocycles. The molecular formula is C18H22N2O3. The average molecular weight is 314 g/mol. The Balaban J connectivity index is 1.98. The summed E-state index contributed by atoms with van der Waals surface area (Å²) in [6.07, 6.45) is 4.69. The first-order valence-electron chi connectivity index (χ1n) is 7.40. The maximum Gasteiger partial charge on any atom is 0.244 e. The Morgan fingerprint density at radius 2 is 2.17 bits per heavy atom. The third-order valence-corrected chi connectivity index (χ3v) is 3.51. The monoisotopic (exact) mass is 314 g/mol. The summed E-state index contributed by atoms with van der Waals surface area (Å²) in [5.74, 6) is 1.30. The van der Waals surface area contributed by atoms with Gasteiger partial charge >= 0.3 is 0 Å².